The topological polar surface area (TPSA) is 58.2 Å². The maximum Gasteiger partial charge on any atom is 0.255 e. The average molecular weight is 341 g/mol. The molecular formula is C19H17ClN2O2. The molecule has 0 saturated heterocycles. The van der Waals surface area contributed by atoms with Gasteiger partial charge in [-0.2, -0.15) is 0 Å². The van der Waals surface area contributed by atoms with Crippen molar-refractivity contribution in [3.05, 3.63) is 70.4 Å². The van der Waals surface area contributed by atoms with E-state index >= 15 is 0 Å². The number of benzene rings is 2. The van der Waals surface area contributed by atoms with Gasteiger partial charge in [0.05, 0.1) is 10.7 Å². The number of hydrogen-bond donors (Lipinski definition) is 2. The molecular weight excluding hydrogens is 324 g/mol. The number of para-hydroxylation sites is 1. The molecule has 0 spiro atoms. The minimum absolute atomic E-state index is 0.160. The van der Waals surface area contributed by atoms with Crippen molar-refractivity contribution >= 4 is 34.7 Å². The number of amides is 1. The van der Waals surface area contributed by atoms with Crippen LogP contribution < -0.4 is 10.6 Å². The Bertz CT molecular complexity index is 829. The first-order valence-electron chi connectivity index (χ1n) is 7.70. The minimum Gasteiger partial charge on any atom is -0.357 e. The highest BCUT2D eigenvalue weighted by molar-refractivity contribution is 6.33. The van der Waals surface area contributed by atoms with Crippen molar-refractivity contribution in [2.24, 2.45) is 0 Å². The molecule has 4 nitrogen and oxygen atoms in total. The van der Waals surface area contributed by atoms with Crippen LogP contribution in [0.3, 0.4) is 0 Å². The summed E-state index contributed by atoms with van der Waals surface area (Å²) < 4.78 is 0. The molecule has 0 unspecified atom stereocenters. The van der Waals surface area contributed by atoms with Crippen LogP contribution in [0.15, 0.2) is 59.8 Å². The highest BCUT2D eigenvalue weighted by atomic mass is 35.5. The summed E-state index contributed by atoms with van der Waals surface area (Å²) in [5.74, 6) is -0.0615. The van der Waals surface area contributed by atoms with Crippen LogP contribution in [0.1, 0.15) is 30.1 Å². The van der Waals surface area contributed by atoms with Crippen LogP contribution in [0.4, 0.5) is 11.4 Å². The van der Waals surface area contributed by atoms with Crippen molar-refractivity contribution in [2.75, 3.05) is 10.6 Å². The lowest BCUT2D eigenvalue weighted by Gasteiger charge is -2.12. The summed E-state index contributed by atoms with van der Waals surface area (Å²) in [4.78, 5) is 23.9. The van der Waals surface area contributed by atoms with Gasteiger partial charge in [0.25, 0.3) is 5.91 Å². The monoisotopic (exact) mass is 340 g/mol. The van der Waals surface area contributed by atoms with Gasteiger partial charge in [-0.3, -0.25) is 9.59 Å². The van der Waals surface area contributed by atoms with Gasteiger partial charge in [-0.15, -0.1) is 0 Å². The summed E-state index contributed by atoms with van der Waals surface area (Å²) in [6.45, 7) is 1.81. The standard InChI is InChI=1S/C19H17ClN2O2/c1-12-16(9-10-18(12)23)22-17-8-7-13(11-15(17)20)19(24)21-14-5-3-2-4-6-14/h2-8,11,22H,9-10H2,1H3,(H,21,24). The number of nitrogens with one attached hydrogen (secondary N) is 2. The van der Waals surface area contributed by atoms with E-state index in [1.807, 2.05) is 37.3 Å². The van der Waals surface area contributed by atoms with Gasteiger partial charge < -0.3 is 10.6 Å². The number of rotatable bonds is 4. The van der Waals surface area contributed by atoms with Crippen molar-refractivity contribution in [1.82, 2.24) is 0 Å². The summed E-state index contributed by atoms with van der Waals surface area (Å²) in [5, 5.41) is 6.46. The molecule has 0 bridgehead atoms. The number of ketones is 1. The number of halogens is 1. The lowest BCUT2D eigenvalue weighted by Crippen LogP contribution is -2.12. The number of hydrogen-bond acceptors (Lipinski definition) is 3. The van der Waals surface area contributed by atoms with E-state index in [9.17, 15) is 9.59 Å². The van der Waals surface area contributed by atoms with E-state index in [4.69, 9.17) is 11.6 Å². The molecule has 2 aromatic carbocycles. The van der Waals surface area contributed by atoms with Gasteiger partial charge in [-0.25, -0.2) is 0 Å². The normalized spacial score (nSPS) is 14.0. The van der Waals surface area contributed by atoms with E-state index in [1.54, 1.807) is 18.2 Å². The molecule has 0 saturated carbocycles. The molecule has 3 rings (SSSR count). The van der Waals surface area contributed by atoms with Gasteiger partial charge in [-0.1, -0.05) is 29.8 Å². The van der Waals surface area contributed by atoms with Crippen LogP contribution in [-0.4, -0.2) is 11.7 Å². The minimum atomic E-state index is -0.221. The Labute approximate surface area is 145 Å². The zero-order chi connectivity index (χ0) is 17.1. The number of allylic oxidation sites excluding steroid dienone is 2. The van der Waals surface area contributed by atoms with E-state index in [-0.39, 0.29) is 11.7 Å². The van der Waals surface area contributed by atoms with Crippen molar-refractivity contribution in [3.63, 3.8) is 0 Å². The molecule has 0 atom stereocenters. The number of carbonyl (C=O) groups excluding carboxylic acids is 2. The quantitative estimate of drug-likeness (QED) is 0.852. The predicted octanol–water partition coefficient (Wildman–Crippen LogP) is 4.64. The second kappa shape index (κ2) is 6.89. The highest BCUT2D eigenvalue weighted by Crippen LogP contribution is 2.29. The second-order valence-corrected chi connectivity index (χ2v) is 6.07. The fraction of sp³-hybridized carbons (Fsp3) is 0.158. The van der Waals surface area contributed by atoms with Gasteiger partial charge in [0.1, 0.15) is 0 Å². The molecule has 5 heteroatoms. The average Bonchev–Trinajstić information content (AvgIpc) is 2.89. The fourth-order valence-electron chi connectivity index (χ4n) is 2.58. The van der Waals surface area contributed by atoms with E-state index in [2.05, 4.69) is 10.6 Å². The maximum absolute atomic E-state index is 12.3. The Morgan fingerprint density at radius 1 is 1.08 bits per heavy atom. The highest BCUT2D eigenvalue weighted by Gasteiger charge is 2.20. The molecule has 1 aliphatic carbocycles. The molecule has 0 radical (unpaired) electrons. The molecule has 0 heterocycles. The third-order valence-electron chi connectivity index (χ3n) is 4.02. The van der Waals surface area contributed by atoms with E-state index in [1.165, 1.54) is 0 Å². The SMILES string of the molecule is CC1=C(Nc2ccc(C(=O)Nc3ccccc3)cc2Cl)CCC1=O. The van der Waals surface area contributed by atoms with E-state index in [0.29, 0.717) is 29.1 Å². The zero-order valence-electron chi connectivity index (χ0n) is 13.2. The predicted molar refractivity (Wildman–Crippen MR) is 96.4 cm³/mol. The molecule has 24 heavy (non-hydrogen) atoms. The summed E-state index contributed by atoms with van der Waals surface area (Å²) >= 11 is 6.29. The van der Waals surface area contributed by atoms with Crippen LogP contribution in [-0.2, 0) is 4.79 Å². The third-order valence-corrected chi connectivity index (χ3v) is 4.33. The second-order valence-electron chi connectivity index (χ2n) is 5.67. The van der Waals surface area contributed by atoms with Crippen molar-refractivity contribution in [3.8, 4) is 0 Å². The van der Waals surface area contributed by atoms with Gasteiger partial charge in [-0.05, 0) is 43.7 Å². The van der Waals surface area contributed by atoms with Crippen LogP contribution in [0.5, 0.6) is 0 Å². The molecule has 0 aliphatic heterocycles. The molecule has 1 aliphatic rings. The Balaban J connectivity index is 1.75. The molecule has 0 aromatic heterocycles. The summed E-state index contributed by atoms with van der Waals surface area (Å²) in [5.41, 5.74) is 3.53. The van der Waals surface area contributed by atoms with Gasteiger partial charge in [0, 0.05) is 28.9 Å². The Kier molecular flexibility index (Phi) is 4.67. The fourth-order valence-corrected chi connectivity index (χ4v) is 2.81. The van der Waals surface area contributed by atoms with Crippen molar-refractivity contribution < 1.29 is 9.59 Å². The lowest BCUT2D eigenvalue weighted by molar-refractivity contribution is -0.114. The zero-order valence-corrected chi connectivity index (χ0v) is 14.0. The first-order valence-corrected chi connectivity index (χ1v) is 8.08. The molecule has 0 fully saturated rings. The third kappa shape index (κ3) is 3.49. The van der Waals surface area contributed by atoms with Crippen LogP contribution in [0, 0.1) is 0 Å². The first-order chi connectivity index (χ1) is 11.5. The van der Waals surface area contributed by atoms with E-state index < -0.39 is 0 Å². The van der Waals surface area contributed by atoms with Crippen LogP contribution >= 0.6 is 11.6 Å². The van der Waals surface area contributed by atoms with Crippen molar-refractivity contribution in [2.45, 2.75) is 19.8 Å². The Morgan fingerprint density at radius 3 is 2.46 bits per heavy atom. The molecule has 122 valence electrons. The molecule has 1 amide bonds. The maximum atomic E-state index is 12.3. The van der Waals surface area contributed by atoms with Crippen molar-refractivity contribution in [1.29, 1.82) is 0 Å². The molecule has 2 N–H and O–H groups in total. The molecule has 2 aromatic rings. The van der Waals surface area contributed by atoms with E-state index in [0.717, 1.165) is 17.0 Å². The lowest BCUT2D eigenvalue weighted by atomic mass is 10.1. The van der Waals surface area contributed by atoms with Gasteiger partial charge >= 0.3 is 0 Å². The summed E-state index contributed by atoms with van der Waals surface area (Å²) in [6, 6.07) is 14.3. The van der Waals surface area contributed by atoms with Crippen LogP contribution in [0.2, 0.25) is 5.02 Å². The largest absolute Gasteiger partial charge is 0.357 e. The smallest absolute Gasteiger partial charge is 0.255 e. The number of carbonyl (C=O) groups is 2. The summed E-state index contributed by atoms with van der Waals surface area (Å²) in [6.07, 6.45) is 1.22. The Hall–Kier alpha value is -2.59. The van der Waals surface area contributed by atoms with Crippen LogP contribution in [0.25, 0.3) is 0 Å². The Morgan fingerprint density at radius 2 is 1.83 bits per heavy atom. The van der Waals surface area contributed by atoms with Gasteiger partial charge in [0.2, 0.25) is 0 Å². The van der Waals surface area contributed by atoms with Gasteiger partial charge in [0.15, 0.2) is 5.78 Å². The number of anilines is 2. The first kappa shape index (κ1) is 16.3. The summed E-state index contributed by atoms with van der Waals surface area (Å²) in [7, 11) is 0. The number of Topliss-reactive ketones (excluding diaryl/α,β-unsaturated/α-hetero) is 1.